The molecule has 1 heterocycles. The number of amides is 2. The van der Waals surface area contributed by atoms with Crippen molar-refractivity contribution in [3.05, 3.63) is 35.9 Å². The summed E-state index contributed by atoms with van der Waals surface area (Å²) in [7, 11) is 1.72. The molecule has 7 heteroatoms. The van der Waals surface area contributed by atoms with Gasteiger partial charge >= 0.3 is 6.09 Å². The van der Waals surface area contributed by atoms with Crippen LogP contribution < -0.4 is 5.32 Å². The van der Waals surface area contributed by atoms with E-state index in [9.17, 15) is 14.7 Å². The SMILES string of the molecule is COC1CCC(C(=O)NC(C)(C)C)C(CC2OC(C)(C)N(C(=O)O)C2Cc2ccccc2)C1. The lowest BCUT2D eigenvalue weighted by Gasteiger charge is -2.38. The van der Waals surface area contributed by atoms with Crippen LogP contribution in [0.25, 0.3) is 0 Å². The van der Waals surface area contributed by atoms with Gasteiger partial charge in [0.15, 0.2) is 0 Å². The number of carbonyl (C=O) groups is 2. The maximum absolute atomic E-state index is 13.2. The summed E-state index contributed by atoms with van der Waals surface area (Å²) in [6.45, 7) is 9.58. The van der Waals surface area contributed by atoms with Crippen LogP contribution in [0, 0.1) is 11.8 Å². The Morgan fingerprint density at radius 2 is 1.88 bits per heavy atom. The molecule has 33 heavy (non-hydrogen) atoms. The average molecular weight is 461 g/mol. The number of nitrogens with zero attached hydrogens (tertiary/aromatic N) is 1. The van der Waals surface area contributed by atoms with E-state index >= 15 is 0 Å². The summed E-state index contributed by atoms with van der Waals surface area (Å²) >= 11 is 0. The molecule has 5 unspecified atom stereocenters. The molecule has 0 spiro atoms. The molecule has 1 aliphatic carbocycles. The number of carbonyl (C=O) groups excluding carboxylic acids is 1. The molecule has 184 valence electrons. The molecule has 1 aliphatic heterocycles. The maximum atomic E-state index is 13.2. The molecule has 1 aromatic carbocycles. The van der Waals surface area contributed by atoms with Crippen molar-refractivity contribution in [2.45, 2.75) is 96.2 Å². The molecule has 2 amide bonds. The second-order valence-electron chi connectivity index (χ2n) is 11.0. The molecule has 1 saturated heterocycles. The smallest absolute Gasteiger partial charge is 0.409 e. The predicted octanol–water partition coefficient (Wildman–Crippen LogP) is 4.45. The number of ether oxygens (including phenoxy) is 2. The van der Waals surface area contributed by atoms with E-state index in [0.29, 0.717) is 12.8 Å². The summed E-state index contributed by atoms with van der Waals surface area (Å²) in [4.78, 5) is 26.9. The molecule has 0 bridgehead atoms. The average Bonchev–Trinajstić information content (AvgIpc) is 2.96. The van der Waals surface area contributed by atoms with Crippen molar-refractivity contribution < 1.29 is 24.2 Å². The van der Waals surface area contributed by atoms with Crippen LogP contribution in [-0.2, 0) is 20.7 Å². The zero-order chi connectivity index (χ0) is 24.4. The maximum Gasteiger partial charge on any atom is 0.409 e. The van der Waals surface area contributed by atoms with Crippen LogP contribution in [0.5, 0.6) is 0 Å². The minimum absolute atomic E-state index is 0.0545. The zero-order valence-corrected chi connectivity index (χ0v) is 20.8. The summed E-state index contributed by atoms with van der Waals surface area (Å²) < 4.78 is 12.0. The topological polar surface area (TPSA) is 88.1 Å². The standard InChI is InChI=1S/C26H40N2O5/c1-25(2,3)27-23(29)20-13-12-19(32-6)15-18(20)16-22-21(14-17-10-8-7-9-11-17)28(24(30)31)26(4,5)33-22/h7-11,18-22H,12-16H2,1-6H3,(H,27,29)(H,30,31). The number of hydrogen-bond donors (Lipinski definition) is 2. The Labute approximate surface area is 197 Å². The quantitative estimate of drug-likeness (QED) is 0.655. The van der Waals surface area contributed by atoms with Crippen LogP contribution in [0.2, 0.25) is 0 Å². The summed E-state index contributed by atoms with van der Waals surface area (Å²) in [6.07, 6.45) is 2.38. The Bertz CT molecular complexity index is 820. The van der Waals surface area contributed by atoms with Gasteiger partial charge in [-0.3, -0.25) is 9.69 Å². The molecule has 0 aromatic heterocycles. The molecule has 7 nitrogen and oxygen atoms in total. The molecule has 1 saturated carbocycles. The zero-order valence-electron chi connectivity index (χ0n) is 20.8. The first-order valence-corrected chi connectivity index (χ1v) is 12.0. The monoisotopic (exact) mass is 460 g/mol. The lowest BCUT2D eigenvalue weighted by molar-refractivity contribution is -0.132. The van der Waals surface area contributed by atoms with Gasteiger partial charge in [-0.25, -0.2) is 4.79 Å². The van der Waals surface area contributed by atoms with Gasteiger partial charge in [0.25, 0.3) is 0 Å². The van der Waals surface area contributed by atoms with Gasteiger partial charge in [-0.05, 0) is 78.2 Å². The van der Waals surface area contributed by atoms with E-state index in [0.717, 1.165) is 24.8 Å². The third-order valence-corrected chi connectivity index (χ3v) is 6.91. The van der Waals surface area contributed by atoms with E-state index in [1.165, 1.54) is 4.90 Å². The largest absolute Gasteiger partial charge is 0.465 e. The fraction of sp³-hybridized carbons (Fsp3) is 0.692. The molecular weight excluding hydrogens is 420 g/mol. The van der Waals surface area contributed by atoms with Gasteiger partial charge in [-0.1, -0.05) is 30.3 Å². The van der Waals surface area contributed by atoms with Crippen molar-refractivity contribution in [1.82, 2.24) is 10.2 Å². The Hall–Kier alpha value is -2.12. The fourth-order valence-corrected chi connectivity index (χ4v) is 5.53. The summed E-state index contributed by atoms with van der Waals surface area (Å²) in [6, 6.07) is 9.60. The van der Waals surface area contributed by atoms with Gasteiger partial charge in [-0.15, -0.1) is 0 Å². The highest BCUT2D eigenvalue weighted by Gasteiger charge is 2.51. The van der Waals surface area contributed by atoms with E-state index < -0.39 is 11.8 Å². The van der Waals surface area contributed by atoms with Crippen LogP contribution in [0.1, 0.15) is 65.9 Å². The van der Waals surface area contributed by atoms with Gasteiger partial charge in [0.2, 0.25) is 5.91 Å². The fourth-order valence-electron chi connectivity index (χ4n) is 5.53. The highest BCUT2D eigenvalue weighted by Crippen LogP contribution is 2.41. The van der Waals surface area contributed by atoms with Crippen molar-refractivity contribution in [3.8, 4) is 0 Å². The molecule has 2 N–H and O–H groups in total. The molecule has 3 rings (SSSR count). The van der Waals surface area contributed by atoms with E-state index in [2.05, 4.69) is 5.32 Å². The van der Waals surface area contributed by atoms with Gasteiger partial charge < -0.3 is 19.9 Å². The van der Waals surface area contributed by atoms with Crippen LogP contribution in [-0.4, -0.2) is 58.6 Å². The highest BCUT2D eigenvalue weighted by atomic mass is 16.6. The second kappa shape index (κ2) is 10.0. The Balaban J connectivity index is 1.86. The lowest BCUT2D eigenvalue weighted by Crippen LogP contribution is -2.49. The van der Waals surface area contributed by atoms with Crippen LogP contribution in [0.15, 0.2) is 30.3 Å². The normalized spacial score (nSPS) is 29.6. The summed E-state index contributed by atoms with van der Waals surface area (Å²) in [5.41, 5.74) is -0.170. The predicted molar refractivity (Wildman–Crippen MR) is 127 cm³/mol. The first kappa shape index (κ1) is 25.5. The van der Waals surface area contributed by atoms with Gasteiger partial charge in [0, 0.05) is 18.6 Å². The Morgan fingerprint density at radius 3 is 2.45 bits per heavy atom. The number of hydrogen-bond acceptors (Lipinski definition) is 4. The Morgan fingerprint density at radius 1 is 1.21 bits per heavy atom. The minimum atomic E-state index is -0.983. The molecule has 5 atom stereocenters. The van der Waals surface area contributed by atoms with Crippen LogP contribution in [0.4, 0.5) is 4.79 Å². The molecule has 1 aromatic rings. The molecule has 2 aliphatic rings. The number of methoxy groups -OCH3 is 1. The summed E-state index contributed by atoms with van der Waals surface area (Å²) in [5, 5.41) is 13.2. The van der Waals surface area contributed by atoms with Crippen molar-refractivity contribution in [3.63, 3.8) is 0 Å². The van der Waals surface area contributed by atoms with Gasteiger partial charge in [0.05, 0.1) is 18.2 Å². The lowest BCUT2D eigenvalue weighted by atomic mass is 9.73. The minimum Gasteiger partial charge on any atom is -0.465 e. The first-order chi connectivity index (χ1) is 15.4. The van der Waals surface area contributed by atoms with Crippen molar-refractivity contribution in [2.75, 3.05) is 7.11 Å². The van der Waals surface area contributed by atoms with E-state index in [4.69, 9.17) is 9.47 Å². The number of benzene rings is 1. The number of carboxylic acid groups (broad SMARTS) is 1. The third-order valence-electron chi connectivity index (χ3n) is 6.91. The molecular formula is C26H40N2O5. The van der Waals surface area contributed by atoms with E-state index in [1.807, 2.05) is 65.0 Å². The number of rotatable bonds is 6. The molecule has 2 fully saturated rings. The highest BCUT2D eigenvalue weighted by molar-refractivity contribution is 5.79. The van der Waals surface area contributed by atoms with Crippen LogP contribution >= 0.6 is 0 Å². The van der Waals surface area contributed by atoms with Gasteiger partial charge in [0.1, 0.15) is 5.72 Å². The first-order valence-electron chi connectivity index (χ1n) is 12.0. The summed E-state index contributed by atoms with van der Waals surface area (Å²) in [5.74, 6) is -0.0218. The second-order valence-corrected chi connectivity index (χ2v) is 11.0. The van der Waals surface area contributed by atoms with E-state index in [-0.39, 0.29) is 41.5 Å². The van der Waals surface area contributed by atoms with Gasteiger partial charge in [-0.2, -0.15) is 0 Å². The van der Waals surface area contributed by atoms with Crippen molar-refractivity contribution >= 4 is 12.0 Å². The van der Waals surface area contributed by atoms with Crippen molar-refractivity contribution in [2.24, 2.45) is 11.8 Å². The Kier molecular flexibility index (Phi) is 7.74. The molecule has 0 radical (unpaired) electrons. The third kappa shape index (κ3) is 6.27. The van der Waals surface area contributed by atoms with Crippen molar-refractivity contribution in [1.29, 1.82) is 0 Å². The number of nitrogens with one attached hydrogen (secondary N) is 1. The van der Waals surface area contributed by atoms with Crippen LogP contribution in [0.3, 0.4) is 0 Å². The van der Waals surface area contributed by atoms with E-state index in [1.54, 1.807) is 7.11 Å².